The van der Waals surface area contributed by atoms with Gasteiger partial charge in [-0.15, -0.1) is 0 Å². The number of nitro benzene ring substituents is 1. The molecule has 1 heterocycles. The molecule has 0 saturated carbocycles. The van der Waals surface area contributed by atoms with Crippen LogP contribution in [0.25, 0.3) is 0 Å². The Hall–Kier alpha value is -4.32. The highest BCUT2D eigenvalue weighted by atomic mass is 35.5. The number of rotatable bonds is 9. The minimum absolute atomic E-state index is 0.0280. The maximum atomic E-state index is 12.3. The van der Waals surface area contributed by atoms with E-state index in [0.29, 0.717) is 13.0 Å². The minimum atomic E-state index is -0.781. The Morgan fingerprint density at radius 1 is 1.00 bits per heavy atom. The van der Waals surface area contributed by atoms with E-state index in [0.717, 1.165) is 18.0 Å². The third-order valence-electron chi connectivity index (χ3n) is 4.25. The van der Waals surface area contributed by atoms with Gasteiger partial charge in [0.05, 0.1) is 9.85 Å². The molecule has 0 saturated heterocycles. The van der Waals surface area contributed by atoms with E-state index in [1.165, 1.54) is 12.1 Å². The van der Waals surface area contributed by atoms with E-state index in [-0.39, 0.29) is 22.2 Å². The molecular formula is C19H16ClN7O5. The normalized spacial score (nSPS) is 10.3. The first kappa shape index (κ1) is 22.4. The Balaban J connectivity index is 1.71. The van der Waals surface area contributed by atoms with Crippen molar-refractivity contribution < 1.29 is 14.6 Å². The van der Waals surface area contributed by atoms with Gasteiger partial charge < -0.3 is 5.32 Å². The summed E-state index contributed by atoms with van der Waals surface area (Å²) in [6.07, 6.45) is 1.70. The van der Waals surface area contributed by atoms with Gasteiger partial charge in [-0.25, -0.2) is 9.97 Å². The molecule has 0 spiro atoms. The first-order valence-corrected chi connectivity index (χ1v) is 9.52. The lowest BCUT2D eigenvalue weighted by Crippen LogP contribution is -2.30. The molecule has 0 aliphatic heterocycles. The van der Waals surface area contributed by atoms with Gasteiger partial charge in [-0.2, -0.15) is 0 Å². The van der Waals surface area contributed by atoms with Crippen LogP contribution in [0.15, 0.2) is 54.9 Å². The number of hydrogen-bond donors (Lipinski definition) is 3. The van der Waals surface area contributed by atoms with Gasteiger partial charge in [0.2, 0.25) is 11.6 Å². The Morgan fingerprint density at radius 2 is 1.72 bits per heavy atom. The summed E-state index contributed by atoms with van der Waals surface area (Å²) in [4.78, 5) is 41.2. The summed E-state index contributed by atoms with van der Waals surface area (Å²) in [6.45, 7) is 0.377. The fourth-order valence-corrected chi connectivity index (χ4v) is 2.91. The van der Waals surface area contributed by atoms with Crippen LogP contribution < -0.4 is 16.2 Å². The van der Waals surface area contributed by atoms with E-state index >= 15 is 0 Å². The lowest BCUT2D eigenvalue weighted by molar-refractivity contribution is -0.384. The molecule has 0 atom stereocenters. The van der Waals surface area contributed by atoms with Gasteiger partial charge in [0, 0.05) is 18.2 Å². The average molecular weight is 458 g/mol. The van der Waals surface area contributed by atoms with Gasteiger partial charge in [0.1, 0.15) is 11.3 Å². The average Bonchev–Trinajstić information content (AvgIpc) is 2.78. The van der Waals surface area contributed by atoms with Crippen LogP contribution in [0.5, 0.6) is 0 Å². The van der Waals surface area contributed by atoms with Gasteiger partial charge in [-0.3, -0.25) is 35.9 Å². The first-order chi connectivity index (χ1) is 15.4. The lowest BCUT2D eigenvalue weighted by Gasteiger charge is -2.11. The highest BCUT2D eigenvalue weighted by molar-refractivity contribution is 6.32. The molecule has 3 aromatic rings. The fourth-order valence-electron chi connectivity index (χ4n) is 2.72. The summed E-state index contributed by atoms with van der Waals surface area (Å²) >= 11 is 5.73. The third-order valence-corrected chi connectivity index (χ3v) is 4.57. The number of nitrogens with one attached hydrogen (secondary N) is 3. The van der Waals surface area contributed by atoms with Crippen molar-refractivity contribution in [3.63, 3.8) is 0 Å². The molecule has 3 rings (SSSR count). The Kier molecular flexibility index (Phi) is 7.08. The molecule has 32 heavy (non-hydrogen) atoms. The lowest BCUT2D eigenvalue weighted by atomic mass is 10.1. The van der Waals surface area contributed by atoms with Crippen molar-refractivity contribution >= 4 is 40.5 Å². The van der Waals surface area contributed by atoms with Crippen molar-refractivity contribution in [2.45, 2.75) is 6.42 Å². The zero-order valence-corrected chi connectivity index (χ0v) is 17.1. The number of nitrogens with zero attached hydrogens (tertiary/aromatic N) is 4. The molecule has 0 aliphatic carbocycles. The maximum absolute atomic E-state index is 12.3. The summed E-state index contributed by atoms with van der Waals surface area (Å²) in [5.74, 6) is -1.07. The zero-order chi connectivity index (χ0) is 23.1. The quantitative estimate of drug-likeness (QED) is 0.322. The van der Waals surface area contributed by atoms with Gasteiger partial charge in [0.15, 0.2) is 0 Å². The number of hydrogen-bond acceptors (Lipinski definition) is 9. The van der Waals surface area contributed by atoms with Crippen molar-refractivity contribution in [1.29, 1.82) is 0 Å². The molecule has 2 aromatic carbocycles. The molecule has 0 radical (unpaired) electrons. The van der Waals surface area contributed by atoms with Crippen LogP contribution in [-0.4, -0.2) is 32.3 Å². The molecule has 3 N–H and O–H groups in total. The number of anilines is 2. The summed E-state index contributed by atoms with van der Waals surface area (Å²) in [5, 5.41) is 25.3. The highest BCUT2D eigenvalue weighted by Gasteiger charge is 2.24. The Morgan fingerprint density at radius 3 is 2.41 bits per heavy atom. The molecule has 0 unspecified atom stereocenters. The summed E-state index contributed by atoms with van der Waals surface area (Å²) in [5.41, 5.74) is 4.64. The maximum Gasteiger partial charge on any atom is 0.354 e. The monoisotopic (exact) mass is 457 g/mol. The summed E-state index contributed by atoms with van der Waals surface area (Å²) in [6, 6.07) is 13.0. The van der Waals surface area contributed by atoms with E-state index in [1.54, 1.807) is 0 Å². The third kappa shape index (κ3) is 5.43. The van der Waals surface area contributed by atoms with Crippen molar-refractivity contribution in [1.82, 2.24) is 15.4 Å². The van der Waals surface area contributed by atoms with E-state index in [9.17, 15) is 25.0 Å². The molecular weight excluding hydrogens is 442 g/mol. The molecule has 164 valence electrons. The smallest absolute Gasteiger partial charge is 0.354 e. The number of benzene rings is 2. The van der Waals surface area contributed by atoms with Crippen LogP contribution in [0.3, 0.4) is 0 Å². The van der Waals surface area contributed by atoms with Crippen LogP contribution >= 0.6 is 11.6 Å². The van der Waals surface area contributed by atoms with Crippen molar-refractivity contribution in [3.8, 4) is 0 Å². The number of carbonyl (C=O) groups excluding carboxylic acids is 1. The molecule has 0 aliphatic rings. The SMILES string of the molecule is O=C(NNc1ncnc(NCCc2ccccc2)c1[N+](=O)[O-])c1ccc(Cl)c([N+](=O)[O-])c1. The van der Waals surface area contributed by atoms with Crippen LogP contribution in [0, 0.1) is 20.2 Å². The standard InChI is InChI=1S/C19H16ClN7O5/c20-14-7-6-13(10-15(14)26(29)30)19(28)25-24-18-16(27(31)32)17(22-11-23-18)21-9-8-12-4-2-1-3-5-12/h1-7,10-11H,8-9H2,(H,25,28)(H2,21,22,23,24). The van der Waals surface area contributed by atoms with E-state index in [4.69, 9.17) is 11.6 Å². The van der Waals surface area contributed by atoms with Crippen LogP contribution in [0.2, 0.25) is 5.02 Å². The number of hydrazine groups is 1. The second kappa shape index (κ2) is 10.1. The second-order valence-electron chi connectivity index (χ2n) is 6.34. The summed E-state index contributed by atoms with van der Waals surface area (Å²) < 4.78 is 0. The molecule has 0 bridgehead atoms. The number of carbonyl (C=O) groups is 1. The molecule has 0 fully saturated rings. The minimum Gasteiger partial charge on any atom is -0.364 e. The number of aromatic nitrogens is 2. The molecule has 1 aromatic heterocycles. The first-order valence-electron chi connectivity index (χ1n) is 9.14. The van der Waals surface area contributed by atoms with Gasteiger partial charge in [-0.05, 0) is 24.1 Å². The Bertz CT molecular complexity index is 1160. The van der Waals surface area contributed by atoms with Gasteiger partial charge >= 0.3 is 5.69 Å². The number of nitro groups is 2. The van der Waals surface area contributed by atoms with E-state index < -0.39 is 27.1 Å². The number of halogens is 1. The molecule has 1 amide bonds. The van der Waals surface area contributed by atoms with Crippen LogP contribution in [0.4, 0.5) is 23.0 Å². The fraction of sp³-hybridized carbons (Fsp3) is 0.105. The predicted molar refractivity (Wildman–Crippen MR) is 117 cm³/mol. The predicted octanol–water partition coefficient (Wildman–Crippen LogP) is 3.36. The van der Waals surface area contributed by atoms with E-state index in [2.05, 4.69) is 26.1 Å². The highest BCUT2D eigenvalue weighted by Crippen LogP contribution is 2.28. The van der Waals surface area contributed by atoms with Crippen LogP contribution in [0.1, 0.15) is 15.9 Å². The van der Waals surface area contributed by atoms with Crippen LogP contribution in [-0.2, 0) is 6.42 Å². The van der Waals surface area contributed by atoms with E-state index in [1.807, 2.05) is 30.3 Å². The van der Waals surface area contributed by atoms with Crippen molar-refractivity contribution in [3.05, 3.63) is 91.2 Å². The van der Waals surface area contributed by atoms with Crippen molar-refractivity contribution in [2.75, 3.05) is 17.3 Å². The zero-order valence-electron chi connectivity index (χ0n) is 16.3. The van der Waals surface area contributed by atoms with Gasteiger partial charge in [-0.1, -0.05) is 41.9 Å². The van der Waals surface area contributed by atoms with Crippen molar-refractivity contribution in [2.24, 2.45) is 0 Å². The van der Waals surface area contributed by atoms with Gasteiger partial charge in [0.25, 0.3) is 11.6 Å². The second-order valence-corrected chi connectivity index (χ2v) is 6.75. The summed E-state index contributed by atoms with van der Waals surface area (Å²) in [7, 11) is 0. The topological polar surface area (TPSA) is 165 Å². The number of amides is 1. The largest absolute Gasteiger partial charge is 0.364 e. The Labute approximate surface area is 185 Å². The molecule has 13 heteroatoms. The molecule has 12 nitrogen and oxygen atoms in total.